The molecule has 0 radical (unpaired) electrons. The number of aliphatic hydroxyl groups excluding tert-OH is 1. The van der Waals surface area contributed by atoms with E-state index in [0.29, 0.717) is 25.2 Å². The van der Waals surface area contributed by atoms with Crippen molar-refractivity contribution in [1.29, 1.82) is 0 Å². The molecule has 3 aromatic rings. The van der Waals surface area contributed by atoms with Crippen LogP contribution in [-0.2, 0) is 7.05 Å². The molecule has 1 aliphatic rings. The Kier molecular flexibility index (Phi) is 4.15. The molecule has 8 nitrogen and oxygen atoms in total. The maximum atomic E-state index is 12.8. The number of piperidine rings is 1. The smallest absolute Gasteiger partial charge is 0.294 e. The Morgan fingerprint density at radius 2 is 2.11 bits per heavy atom. The minimum absolute atomic E-state index is 0.194. The first kappa shape index (κ1) is 17.5. The van der Waals surface area contributed by atoms with E-state index in [9.17, 15) is 14.7 Å². The number of β-amino-alcohol motifs (C(OH)–C–C–N with tert-alkyl or cyclic N) is 1. The highest BCUT2D eigenvalue weighted by Gasteiger charge is 2.25. The molecule has 0 unspecified atom stereocenters. The van der Waals surface area contributed by atoms with Gasteiger partial charge in [-0.25, -0.2) is 4.98 Å². The summed E-state index contributed by atoms with van der Waals surface area (Å²) in [5, 5.41) is 9.80. The molecular weight excluding hydrogens is 348 g/mol. The average Bonchev–Trinajstić information content (AvgIpc) is 3.20. The number of aryl methyl sites for hydroxylation is 2. The van der Waals surface area contributed by atoms with Crippen LogP contribution in [0.5, 0.6) is 0 Å². The zero-order chi connectivity index (χ0) is 19.3. The van der Waals surface area contributed by atoms with E-state index in [1.807, 2.05) is 19.9 Å². The first-order valence-electron chi connectivity index (χ1n) is 8.98. The molecule has 1 saturated heterocycles. The van der Waals surface area contributed by atoms with E-state index in [1.54, 1.807) is 28.7 Å². The number of rotatable bonds is 2. The van der Waals surface area contributed by atoms with Crippen molar-refractivity contribution in [3.63, 3.8) is 0 Å². The van der Waals surface area contributed by atoms with Crippen molar-refractivity contribution in [2.45, 2.75) is 32.8 Å². The van der Waals surface area contributed by atoms with Crippen molar-refractivity contribution in [3.8, 4) is 11.3 Å². The molecule has 0 saturated carbocycles. The van der Waals surface area contributed by atoms with Crippen LogP contribution < -0.4 is 5.56 Å². The van der Waals surface area contributed by atoms with E-state index in [1.165, 1.54) is 4.57 Å². The molecule has 0 bridgehead atoms. The second-order valence-corrected chi connectivity index (χ2v) is 7.11. The highest BCUT2D eigenvalue weighted by atomic mass is 16.3. The highest BCUT2D eigenvalue weighted by Crippen LogP contribution is 2.25. The van der Waals surface area contributed by atoms with Gasteiger partial charge in [-0.2, -0.15) is 0 Å². The Morgan fingerprint density at radius 3 is 2.78 bits per heavy atom. The number of nitrogens with zero attached hydrogens (tertiary/aromatic N) is 4. The van der Waals surface area contributed by atoms with Gasteiger partial charge in [0.1, 0.15) is 17.2 Å². The third-order valence-electron chi connectivity index (χ3n) is 5.07. The zero-order valence-corrected chi connectivity index (χ0v) is 15.6. The van der Waals surface area contributed by atoms with Crippen LogP contribution in [-0.4, -0.2) is 49.1 Å². The molecule has 27 heavy (non-hydrogen) atoms. The third-order valence-corrected chi connectivity index (χ3v) is 5.07. The van der Waals surface area contributed by atoms with Gasteiger partial charge in [-0.15, -0.1) is 0 Å². The monoisotopic (exact) mass is 370 g/mol. The average molecular weight is 370 g/mol. The van der Waals surface area contributed by atoms with Gasteiger partial charge in [-0.3, -0.25) is 14.0 Å². The van der Waals surface area contributed by atoms with Crippen molar-refractivity contribution in [3.05, 3.63) is 46.0 Å². The number of imidazole rings is 1. The number of hydrogen-bond donors (Lipinski definition) is 1. The second kappa shape index (κ2) is 6.38. The summed E-state index contributed by atoms with van der Waals surface area (Å²) in [5.41, 5.74) is 1.63. The van der Waals surface area contributed by atoms with Gasteiger partial charge in [-0.1, -0.05) is 0 Å². The Hall–Kier alpha value is -2.87. The van der Waals surface area contributed by atoms with E-state index < -0.39 is 6.10 Å². The Balaban J connectivity index is 1.79. The summed E-state index contributed by atoms with van der Waals surface area (Å²) >= 11 is 0. The van der Waals surface area contributed by atoms with Crippen LogP contribution in [0.1, 0.15) is 34.9 Å². The number of carbonyl (C=O) groups excluding carboxylic acids is 1. The molecule has 1 N–H and O–H groups in total. The minimum atomic E-state index is -0.508. The molecule has 4 rings (SSSR count). The first-order chi connectivity index (χ1) is 12.8. The summed E-state index contributed by atoms with van der Waals surface area (Å²) in [6.45, 7) is 4.58. The molecule has 8 heteroatoms. The standard InChI is InChI=1S/C19H22N4O4/c1-11-7-14(12(2)27-11)16-10-23-9-15(20-17(23)19(26)21(16)3)18(25)22-6-4-5-13(24)8-22/h7,9-10,13,24H,4-6,8H2,1-3H3/t13-/m0/s1. The number of fused-ring (bicyclic) bond motifs is 1. The minimum Gasteiger partial charge on any atom is -0.466 e. The maximum absolute atomic E-state index is 12.8. The molecule has 0 aliphatic carbocycles. The topological polar surface area (TPSA) is 93.0 Å². The van der Waals surface area contributed by atoms with Gasteiger partial charge < -0.3 is 19.0 Å². The lowest BCUT2D eigenvalue weighted by atomic mass is 10.1. The van der Waals surface area contributed by atoms with Crippen LogP contribution in [0.4, 0.5) is 0 Å². The SMILES string of the molecule is Cc1cc(-c2cn3cc(C(=O)N4CCC[C@H](O)C4)nc3c(=O)n2C)c(C)o1. The largest absolute Gasteiger partial charge is 0.466 e. The number of aromatic nitrogens is 3. The van der Waals surface area contributed by atoms with Crippen LogP contribution >= 0.6 is 0 Å². The van der Waals surface area contributed by atoms with Crippen LogP contribution in [0, 0.1) is 13.8 Å². The van der Waals surface area contributed by atoms with E-state index >= 15 is 0 Å². The molecule has 0 spiro atoms. The molecule has 142 valence electrons. The number of carbonyl (C=O) groups is 1. The molecule has 1 amide bonds. The lowest BCUT2D eigenvalue weighted by Gasteiger charge is -2.29. The molecule has 3 aromatic heterocycles. The van der Waals surface area contributed by atoms with Gasteiger partial charge in [0.15, 0.2) is 0 Å². The number of furan rings is 1. The number of amides is 1. The van der Waals surface area contributed by atoms with E-state index in [2.05, 4.69) is 4.98 Å². The van der Waals surface area contributed by atoms with E-state index in [-0.39, 0.29) is 22.8 Å². The first-order valence-corrected chi connectivity index (χ1v) is 8.98. The predicted octanol–water partition coefficient (Wildman–Crippen LogP) is 1.51. The van der Waals surface area contributed by atoms with Gasteiger partial charge in [0.2, 0.25) is 5.65 Å². The lowest BCUT2D eigenvalue weighted by molar-refractivity contribution is 0.0469. The molecule has 0 aromatic carbocycles. The van der Waals surface area contributed by atoms with Crippen LogP contribution in [0.3, 0.4) is 0 Å². The zero-order valence-electron chi connectivity index (χ0n) is 15.6. The van der Waals surface area contributed by atoms with Gasteiger partial charge in [0, 0.05) is 38.1 Å². The fourth-order valence-electron chi connectivity index (χ4n) is 3.67. The molecule has 4 heterocycles. The van der Waals surface area contributed by atoms with Crippen LogP contribution in [0.2, 0.25) is 0 Å². The summed E-state index contributed by atoms with van der Waals surface area (Å²) in [6, 6.07) is 1.88. The molecule has 1 atom stereocenters. The van der Waals surface area contributed by atoms with E-state index in [4.69, 9.17) is 4.42 Å². The fourth-order valence-corrected chi connectivity index (χ4v) is 3.67. The fraction of sp³-hybridized carbons (Fsp3) is 0.421. The molecular formula is C19H22N4O4. The summed E-state index contributed by atoms with van der Waals surface area (Å²) in [6.07, 6.45) is 4.30. The number of aliphatic hydroxyl groups is 1. The maximum Gasteiger partial charge on any atom is 0.294 e. The number of likely N-dealkylation sites (tertiary alicyclic amines) is 1. The predicted molar refractivity (Wildman–Crippen MR) is 98.8 cm³/mol. The second-order valence-electron chi connectivity index (χ2n) is 7.11. The van der Waals surface area contributed by atoms with Crippen molar-refractivity contribution in [2.75, 3.05) is 13.1 Å². The van der Waals surface area contributed by atoms with Gasteiger partial charge in [-0.05, 0) is 32.8 Å². The summed E-state index contributed by atoms with van der Waals surface area (Å²) in [5.74, 6) is 1.22. The lowest BCUT2D eigenvalue weighted by Crippen LogP contribution is -2.42. The summed E-state index contributed by atoms with van der Waals surface area (Å²) in [4.78, 5) is 31.4. The van der Waals surface area contributed by atoms with Crippen LogP contribution in [0.25, 0.3) is 16.9 Å². The Labute approximate surface area is 155 Å². The normalized spacial score (nSPS) is 17.6. The van der Waals surface area contributed by atoms with Crippen molar-refractivity contribution in [2.24, 2.45) is 7.05 Å². The highest BCUT2D eigenvalue weighted by molar-refractivity contribution is 5.93. The van der Waals surface area contributed by atoms with Crippen molar-refractivity contribution >= 4 is 11.6 Å². The van der Waals surface area contributed by atoms with Crippen LogP contribution in [0.15, 0.2) is 27.7 Å². The van der Waals surface area contributed by atoms with Crippen molar-refractivity contribution in [1.82, 2.24) is 18.9 Å². The van der Waals surface area contributed by atoms with Crippen molar-refractivity contribution < 1.29 is 14.3 Å². The molecule has 1 fully saturated rings. The third kappa shape index (κ3) is 2.95. The quantitative estimate of drug-likeness (QED) is 0.738. The summed E-state index contributed by atoms with van der Waals surface area (Å²) in [7, 11) is 1.68. The Morgan fingerprint density at radius 1 is 1.33 bits per heavy atom. The summed E-state index contributed by atoms with van der Waals surface area (Å²) < 4.78 is 8.69. The molecule has 1 aliphatic heterocycles. The van der Waals surface area contributed by atoms with Gasteiger partial charge in [0.25, 0.3) is 11.5 Å². The Bertz CT molecular complexity index is 1090. The van der Waals surface area contributed by atoms with Gasteiger partial charge >= 0.3 is 0 Å². The van der Waals surface area contributed by atoms with Gasteiger partial charge in [0.05, 0.1) is 11.8 Å². The van der Waals surface area contributed by atoms with E-state index in [0.717, 1.165) is 23.5 Å². The number of hydrogen-bond acceptors (Lipinski definition) is 5.